The molecule has 1 aliphatic rings. The Hall–Kier alpha value is -6.91. The number of imidazole rings is 1. The zero-order valence-electron chi connectivity index (χ0n) is 30.2. The molecular formula is C50H29N5OPd. The summed E-state index contributed by atoms with van der Waals surface area (Å²) < 4.78 is 11.1. The van der Waals surface area contributed by atoms with Crippen molar-refractivity contribution in [2.24, 2.45) is 0 Å². The molecule has 0 spiro atoms. The molecule has 0 radical (unpaired) electrons. The van der Waals surface area contributed by atoms with Gasteiger partial charge in [0.2, 0.25) is 0 Å². The van der Waals surface area contributed by atoms with Gasteiger partial charge in [-0.3, -0.25) is 4.98 Å². The van der Waals surface area contributed by atoms with Crippen LogP contribution < -0.4 is 4.74 Å². The molecule has 270 valence electrons. The molecule has 57 heavy (non-hydrogen) atoms. The second kappa shape index (κ2) is 12.8. The van der Waals surface area contributed by atoms with E-state index in [0.29, 0.717) is 11.5 Å². The average Bonchev–Trinajstić information content (AvgIpc) is 3.87. The first kappa shape index (κ1) is 33.4. The van der Waals surface area contributed by atoms with Crippen molar-refractivity contribution < 1.29 is 25.2 Å². The van der Waals surface area contributed by atoms with E-state index >= 15 is 0 Å². The first-order chi connectivity index (χ1) is 27.8. The number of para-hydroxylation sites is 1. The van der Waals surface area contributed by atoms with E-state index in [2.05, 4.69) is 143 Å². The molecule has 1 aliphatic heterocycles. The van der Waals surface area contributed by atoms with Gasteiger partial charge in [0.05, 0.1) is 16.9 Å². The van der Waals surface area contributed by atoms with Gasteiger partial charge in [-0.05, 0) is 40.3 Å². The molecule has 0 saturated carbocycles. The van der Waals surface area contributed by atoms with Gasteiger partial charge in [-0.2, -0.15) is 6.07 Å². The Morgan fingerprint density at radius 3 is 1.88 bits per heavy atom. The van der Waals surface area contributed by atoms with Gasteiger partial charge in [0.15, 0.2) is 0 Å². The van der Waals surface area contributed by atoms with E-state index in [9.17, 15) is 0 Å². The van der Waals surface area contributed by atoms with Crippen molar-refractivity contribution in [2.45, 2.75) is 5.41 Å². The maximum atomic E-state index is 6.76. The van der Waals surface area contributed by atoms with E-state index < -0.39 is 5.41 Å². The van der Waals surface area contributed by atoms with Gasteiger partial charge in [-0.15, -0.1) is 29.8 Å². The number of hydrogen-bond acceptors (Lipinski definition) is 4. The predicted molar refractivity (Wildman–Crippen MR) is 222 cm³/mol. The zero-order valence-corrected chi connectivity index (χ0v) is 31.8. The van der Waals surface area contributed by atoms with Crippen LogP contribution in [0.1, 0.15) is 22.3 Å². The van der Waals surface area contributed by atoms with Crippen molar-refractivity contribution in [3.05, 3.63) is 211 Å². The van der Waals surface area contributed by atoms with E-state index in [1.54, 1.807) is 0 Å². The number of fused-ring (bicyclic) bond motifs is 11. The van der Waals surface area contributed by atoms with Crippen LogP contribution >= 0.6 is 0 Å². The number of aromatic nitrogens is 5. The van der Waals surface area contributed by atoms with E-state index in [0.717, 1.165) is 71.9 Å². The second-order valence-corrected chi connectivity index (χ2v) is 14.3. The van der Waals surface area contributed by atoms with Crippen LogP contribution in [-0.2, 0) is 25.8 Å². The first-order valence-electron chi connectivity index (χ1n) is 18.7. The average molecular weight is 822 g/mol. The fourth-order valence-electron chi connectivity index (χ4n) is 9.04. The topological polar surface area (TPSA) is 57.2 Å². The fourth-order valence-corrected chi connectivity index (χ4v) is 9.04. The minimum Gasteiger partial charge on any atom is -0.503 e. The minimum atomic E-state index is -0.635. The molecule has 0 amide bonds. The molecule has 0 N–H and O–H groups in total. The molecule has 6 heterocycles. The summed E-state index contributed by atoms with van der Waals surface area (Å²) in [6.45, 7) is 0. The van der Waals surface area contributed by atoms with Crippen LogP contribution in [-0.4, -0.2) is 23.9 Å². The van der Waals surface area contributed by atoms with Crippen LogP contribution in [0.25, 0.3) is 66.3 Å². The van der Waals surface area contributed by atoms with Gasteiger partial charge in [0, 0.05) is 51.8 Å². The third-order valence-corrected chi connectivity index (χ3v) is 11.3. The fraction of sp³-hybridized carbons (Fsp3) is 0.0200. The van der Waals surface area contributed by atoms with E-state index in [1.165, 1.54) is 16.7 Å². The Balaban J connectivity index is 0.00000374. The van der Waals surface area contributed by atoms with E-state index in [4.69, 9.17) is 19.7 Å². The van der Waals surface area contributed by atoms with Crippen LogP contribution in [0.4, 0.5) is 0 Å². The maximum absolute atomic E-state index is 6.76. The van der Waals surface area contributed by atoms with Crippen LogP contribution in [0, 0.1) is 12.1 Å². The van der Waals surface area contributed by atoms with Crippen molar-refractivity contribution >= 4 is 49.4 Å². The summed E-state index contributed by atoms with van der Waals surface area (Å²) in [7, 11) is 0. The molecule has 0 bridgehead atoms. The van der Waals surface area contributed by atoms with Gasteiger partial charge in [-0.1, -0.05) is 138 Å². The number of pyridine rings is 3. The van der Waals surface area contributed by atoms with Crippen LogP contribution in [0.5, 0.6) is 11.5 Å². The molecule has 0 unspecified atom stereocenters. The molecule has 6 nitrogen and oxygen atoms in total. The summed E-state index contributed by atoms with van der Waals surface area (Å²) in [6.07, 6.45) is 5.74. The van der Waals surface area contributed by atoms with E-state index in [-0.39, 0.29) is 20.4 Å². The van der Waals surface area contributed by atoms with Crippen LogP contribution in [0.3, 0.4) is 0 Å². The number of benzene rings is 6. The Bertz CT molecular complexity index is 3300. The number of hydrogen-bond donors (Lipinski definition) is 0. The summed E-state index contributed by atoms with van der Waals surface area (Å²) in [6, 6.07) is 62.4. The molecule has 5 aromatic heterocycles. The smallest absolute Gasteiger partial charge is 0.503 e. The first-order valence-corrected chi connectivity index (χ1v) is 18.7. The summed E-state index contributed by atoms with van der Waals surface area (Å²) in [5.41, 5.74) is 10.4. The van der Waals surface area contributed by atoms with Crippen LogP contribution in [0.15, 0.2) is 176 Å². The Morgan fingerprint density at radius 1 is 0.509 bits per heavy atom. The third-order valence-electron chi connectivity index (χ3n) is 11.3. The summed E-state index contributed by atoms with van der Waals surface area (Å²) >= 11 is 0. The molecule has 0 atom stereocenters. The maximum Gasteiger partial charge on any atom is 2.00 e. The third kappa shape index (κ3) is 4.77. The van der Waals surface area contributed by atoms with Gasteiger partial charge in [0.1, 0.15) is 11.3 Å². The molecule has 12 rings (SSSR count). The van der Waals surface area contributed by atoms with E-state index in [1.807, 2.05) is 54.9 Å². The quantitative estimate of drug-likeness (QED) is 0.0986. The normalized spacial score (nSPS) is 12.9. The molecule has 11 aromatic rings. The number of nitrogens with zero attached hydrogens (tertiary/aromatic N) is 5. The molecule has 0 saturated heterocycles. The molecule has 0 aliphatic carbocycles. The van der Waals surface area contributed by atoms with Crippen molar-refractivity contribution in [1.82, 2.24) is 23.9 Å². The van der Waals surface area contributed by atoms with Crippen molar-refractivity contribution in [2.75, 3.05) is 0 Å². The molecule has 6 aromatic carbocycles. The summed E-state index contributed by atoms with van der Waals surface area (Å²) in [4.78, 5) is 14.9. The standard InChI is InChI=1S/C50H29N5O.Pd/c1-4-13-32(14-5-1)44-31-54-47-39(20-11-27-51-47)37-25-23-35(29-41(37)49(54)53-44)56-36-24-26-42-45(30-36)55-46-38(40-21-12-28-52-48(40)55)19-10-22-43(46)50(42,33-15-6-2-7-16-33)34-17-8-3-9-18-34;/h1-28,31H;/q-2;+2. The summed E-state index contributed by atoms with van der Waals surface area (Å²) in [5.74, 6) is 1.14. The Labute approximate surface area is 341 Å². The minimum absolute atomic E-state index is 0. The van der Waals surface area contributed by atoms with Crippen molar-refractivity contribution in [3.63, 3.8) is 0 Å². The summed E-state index contributed by atoms with van der Waals surface area (Å²) in [5, 5.41) is 5.12. The van der Waals surface area contributed by atoms with Crippen molar-refractivity contribution in [3.8, 4) is 28.4 Å². The molecular weight excluding hydrogens is 793 g/mol. The number of ether oxygens (including phenoxy) is 1. The predicted octanol–water partition coefficient (Wildman–Crippen LogP) is 11.3. The zero-order chi connectivity index (χ0) is 36.8. The second-order valence-electron chi connectivity index (χ2n) is 14.3. The number of rotatable bonds is 5. The van der Waals surface area contributed by atoms with Gasteiger partial charge < -0.3 is 13.7 Å². The Morgan fingerprint density at radius 2 is 1.14 bits per heavy atom. The largest absolute Gasteiger partial charge is 2.00 e. The van der Waals surface area contributed by atoms with Gasteiger partial charge in [0.25, 0.3) is 0 Å². The molecule has 7 heteroatoms. The molecule has 0 fully saturated rings. The van der Waals surface area contributed by atoms with Gasteiger partial charge in [-0.25, -0.2) is 9.97 Å². The van der Waals surface area contributed by atoms with Crippen LogP contribution in [0.2, 0.25) is 0 Å². The SMILES string of the molecule is [Pd+2].[c-]1c(Oc2[c-]c3c(cc2)c2cccnc2n2cc(-c4ccccc4)nc32)ccc2c1-n1c3ncccc3c3cccc(c31)C2(c1ccccc1)c1ccccc1. The monoisotopic (exact) mass is 821 g/mol. The van der Waals surface area contributed by atoms with Gasteiger partial charge >= 0.3 is 20.4 Å². The van der Waals surface area contributed by atoms with Crippen molar-refractivity contribution in [1.29, 1.82) is 0 Å². The Kier molecular flexibility index (Phi) is 7.52.